The van der Waals surface area contributed by atoms with Crippen LogP contribution in [0.1, 0.15) is 74.5 Å². The topological polar surface area (TPSA) is 0 Å². The first-order valence-electron chi connectivity index (χ1n) is 10.6. The van der Waals surface area contributed by atoms with Gasteiger partial charge in [-0.15, -0.1) is 0 Å². The average Bonchev–Trinajstić information content (AvgIpc) is 2.70. The molecule has 1 aliphatic carbocycles. The maximum atomic E-state index is 12.9. The van der Waals surface area contributed by atoms with E-state index < -0.39 is 15.1 Å². The van der Waals surface area contributed by atoms with Crippen LogP contribution < -0.4 is 0 Å². The van der Waals surface area contributed by atoms with E-state index in [0.29, 0.717) is 23.6 Å². The molecule has 2 aromatic rings. The smallest absolute Gasteiger partial charge is 0.0936 e. The molecule has 0 bridgehead atoms. The highest BCUT2D eigenvalue weighted by molar-refractivity contribution is 8.45. The molecular formula is C24H29F5S. The van der Waals surface area contributed by atoms with Crippen LogP contribution in [0, 0.1) is 0 Å². The summed E-state index contributed by atoms with van der Waals surface area (Å²) in [6, 6.07) is 12.1. The van der Waals surface area contributed by atoms with Crippen LogP contribution in [0.3, 0.4) is 0 Å². The monoisotopic (exact) mass is 444 g/mol. The molecule has 0 aliphatic heterocycles. The summed E-state index contributed by atoms with van der Waals surface area (Å²) in [6.07, 6.45) is 10.5. The van der Waals surface area contributed by atoms with Gasteiger partial charge in [-0.2, -0.15) is 0 Å². The molecule has 166 valence electrons. The lowest BCUT2D eigenvalue weighted by Gasteiger charge is -2.40. The Kier molecular flexibility index (Phi) is 6.11. The fourth-order valence-electron chi connectivity index (χ4n) is 4.04. The Balaban J connectivity index is 1.61. The summed E-state index contributed by atoms with van der Waals surface area (Å²) in [5, 5.41) is 0. The van der Waals surface area contributed by atoms with E-state index in [0.717, 1.165) is 43.4 Å². The minimum Gasteiger partial charge on any atom is -0.0936 e. The van der Waals surface area contributed by atoms with Gasteiger partial charge in [0.25, 0.3) is 0 Å². The largest absolute Gasteiger partial charge is 0.310 e. The average molecular weight is 445 g/mol. The molecule has 0 N–H and O–H groups in total. The van der Waals surface area contributed by atoms with Crippen LogP contribution >= 0.6 is 10.2 Å². The second kappa shape index (κ2) is 8.03. The lowest BCUT2D eigenvalue weighted by Crippen LogP contribution is -2.07. The molecule has 1 unspecified atom stereocenters. The van der Waals surface area contributed by atoms with E-state index in [9.17, 15) is 19.4 Å². The van der Waals surface area contributed by atoms with Gasteiger partial charge in [0, 0.05) is 0 Å². The number of aryl methyl sites for hydroxylation is 1. The summed E-state index contributed by atoms with van der Waals surface area (Å²) >= 11 is 0. The molecule has 0 heterocycles. The molecule has 2 aromatic carbocycles. The first-order valence-corrected chi connectivity index (χ1v) is 12.5. The Morgan fingerprint density at radius 1 is 0.833 bits per heavy atom. The molecule has 0 fully saturated rings. The maximum Gasteiger partial charge on any atom is 0.310 e. The highest BCUT2D eigenvalue weighted by Crippen LogP contribution is 3.02. The first kappa shape index (κ1) is 22.9. The van der Waals surface area contributed by atoms with Crippen molar-refractivity contribution in [1.82, 2.24) is 0 Å². The zero-order chi connectivity index (χ0) is 21.9. The third-order valence-electron chi connectivity index (χ3n) is 5.85. The first-order chi connectivity index (χ1) is 14.0. The van der Waals surface area contributed by atoms with Crippen molar-refractivity contribution in [3.8, 4) is 0 Å². The molecule has 0 aromatic heterocycles. The summed E-state index contributed by atoms with van der Waals surface area (Å²) in [7, 11) is -9.61. The third-order valence-corrected chi connectivity index (χ3v) is 7.01. The third kappa shape index (κ3) is 6.10. The van der Waals surface area contributed by atoms with E-state index in [1.807, 2.05) is 6.08 Å². The van der Waals surface area contributed by atoms with E-state index in [-0.39, 0.29) is 0 Å². The number of rotatable bonds is 8. The molecule has 6 heteroatoms. The number of benzene rings is 2. The Morgan fingerprint density at radius 3 is 2.03 bits per heavy atom. The van der Waals surface area contributed by atoms with Crippen molar-refractivity contribution < 1.29 is 19.4 Å². The Morgan fingerprint density at radius 2 is 1.50 bits per heavy atom. The van der Waals surface area contributed by atoms with Crippen LogP contribution in [0.15, 0.2) is 59.5 Å². The predicted octanol–water partition coefficient (Wildman–Crippen LogP) is 9.82. The molecule has 0 radical (unpaired) electrons. The normalized spacial score (nSPS) is 19.7. The zero-order valence-electron chi connectivity index (χ0n) is 17.2. The van der Waals surface area contributed by atoms with Gasteiger partial charge in [-0.3, -0.25) is 0 Å². The van der Waals surface area contributed by atoms with Gasteiger partial charge in [0.15, 0.2) is 0 Å². The zero-order valence-corrected chi connectivity index (χ0v) is 18.0. The summed E-state index contributed by atoms with van der Waals surface area (Å²) in [5.74, 6) is 0.381. The van der Waals surface area contributed by atoms with Crippen LogP contribution in [-0.4, -0.2) is 0 Å². The second-order valence-electron chi connectivity index (χ2n) is 8.25. The van der Waals surface area contributed by atoms with Gasteiger partial charge in [-0.25, -0.2) is 0 Å². The lowest BCUT2D eigenvalue weighted by atomic mass is 9.82. The van der Waals surface area contributed by atoms with E-state index in [2.05, 4.69) is 31.2 Å². The van der Waals surface area contributed by atoms with Gasteiger partial charge in [0.2, 0.25) is 0 Å². The van der Waals surface area contributed by atoms with E-state index in [4.69, 9.17) is 0 Å². The van der Waals surface area contributed by atoms with Gasteiger partial charge in [0.05, 0.1) is 0 Å². The second-order valence-corrected chi connectivity index (χ2v) is 10.7. The molecule has 0 saturated carbocycles. The lowest BCUT2D eigenvalue weighted by molar-refractivity contribution is 0.364. The molecular weight excluding hydrogens is 415 g/mol. The standard InChI is InChI=1S/C24H29F5S/c1-2-3-4-5-6-19-7-9-20(10-8-19)21-11-13-22(14-12-21)23-15-17-24(18-16-23)30(25,26,27,28)29/h7-10,13,15-18,21H,2-6,11-12,14H2,1H3. The van der Waals surface area contributed by atoms with Gasteiger partial charge in [-0.1, -0.05) is 88.1 Å². The SMILES string of the molecule is CCCCCCc1ccc(C2CC=C(c3ccc(S(F)(F)(F)(F)F)cc3)CC2)cc1. The van der Waals surface area contributed by atoms with Crippen molar-refractivity contribution in [1.29, 1.82) is 0 Å². The van der Waals surface area contributed by atoms with Crippen molar-refractivity contribution >= 4 is 15.8 Å². The number of unbranched alkanes of at least 4 members (excludes halogenated alkanes) is 3. The van der Waals surface area contributed by atoms with Crippen molar-refractivity contribution in [3.63, 3.8) is 0 Å². The van der Waals surface area contributed by atoms with Crippen molar-refractivity contribution in [2.45, 2.75) is 69.1 Å². The molecule has 1 atom stereocenters. The van der Waals surface area contributed by atoms with Crippen LogP contribution in [0.25, 0.3) is 5.57 Å². The summed E-state index contributed by atoms with van der Waals surface area (Å²) in [6.45, 7) is 2.20. The minimum atomic E-state index is -9.61. The van der Waals surface area contributed by atoms with E-state index in [1.54, 1.807) is 0 Å². The molecule has 3 rings (SSSR count). The summed E-state index contributed by atoms with van der Waals surface area (Å²) < 4.78 is 64.4. The van der Waals surface area contributed by atoms with Gasteiger partial charge in [-0.05, 0) is 72.4 Å². The summed E-state index contributed by atoms with van der Waals surface area (Å²) in [4.78, 5) is -1.83. The molecule has 1 aliphatic rings. The number of halogens is 5. The van der Waals surface area contributed by atoms with Gasteiger partial charge >= 0.3 is 10.2 Å². The highest BCUT2D eigenvalue weighted by Gasteiger charge is 2.65. The fraction of sp³-hybridized carbons (Fsp3) is 0.417. The molecule has 0 spiro atoms. The Bertz CT molecular complexity index is 881. The highest BCUT2D eigenvalue weighted by atomic mass is 32.5. The van der Waals surface area contributed by atoms with Crippen LogP contribution in [-0.2, 0) is 6.42 Å². The fourth-order valence-corrected chi connectivity index (χ4v) is 4.69. The molecule has 0 nitrogen and oxygen atoms in total. The van der Waals surface area contributed by atoms with Crippen LogP contribution in [0.5, 0.6) is 0 Å². The number of hydrogen-bond acceptors (Lipinski definition) is 0. The maximum absolute atomic E-state index is 12.9. The van der Waals surface area contributed by atoms with Gasteiger partial charge < -0.3 is 0 Å². The quantitative estimate of drug-likeness (QED) is 0.281. The van der Waals surface area contributed by atoms with Crippen molar-refractivity contribution in [3.05, 3.63) is 71.3 Å². The van der Waals surface area contributed by atoms with Crippen molar-refractivity contribution in [2.75, 3.05) is 0 Å². The molecule has 0 saturated heterocycles. The molecule has 30 heavy (non-hydrogen) atoms. The molecule has 0 amide bonds. The van der Waals surface area contributed by atoms with Gasteiger partial charge in [0.1, 0.15) is 4.90 Å². The Hall–Kier alpha value is -1.82. The van der Waals surface area contributed by atoms with Crippen LogP contribution in [0.4, 0.5) is 19.4 Å². The Labute approximate surface area is 175 Å². The predicted molar refractivity (Wildman–Crippen MR) is 117 cm³/mol. The minimum absolute atomic E-state index is 0.381. The van der Waals surface area contributed by atoms with E-state index in [1.165, 1.54) is 36.8 Å². The van der Waals surface area contributed by atoms with E-state index >= 15 is 0 Å². The van der Waals surface area contributed by atoms with Crippen molar-refractivity contribution in [2.24, 2.45) is 0 Å². The summed E-state index contributed by atoms with van der Waals surface area (Å²) in [5.41, 5.74) is 4.14. The number of hydrogen-bond donors (Lipinski definition) is 0. The number of allylic oxidation sites excluding steroid dienone is 2. The van der Waals surface area contributed by atoms with Crippen LogP contribution in [0.2, 0.25) is 0 Å².